The normalized spacial score (nSPS) is 21.7. The Bertz CT molecular complexity index is 1580. The third kappa shape index (κ3) is 4.91. The monoisotopic (exact) mass is 602 g/mol. The molecule has 2 aliphatic heterocycles. The van der Waals surface area contributed by atoms with Crippen LogP contribution >= 0.6 is 23.2 Å². The molecular weight excluding hydrogens is 577 g/mol. The molecule has 1 saturated heterocycles. The molecular formula is C30H26Cl2F2N2O5. The van der Waals surface area contributed by atoms with Gasteiger partial charge in [-0.05, 0) is 74.9 Å². The van der Waals surface area contributed by atoms with Crippen LogP contribution in [0.25, 0.3) is 0 Å². The molecule has 7 nitrogen and oxygen atoms in total. The van der Waals surface area contributed by atoms with Gasteiger partial charge in [-0.1, -0.05) is 29.3 Å². The van der Waals surface area contributed by atoms with Crippen LogP contribution in [0.15, 0.2) is 54.6 Å². The number of anilines is 1. The quantitative estimate of drug-likeness (QED) is 0.326. The van der Waals surface area contributed by atoms with Crippen molar-refractivity contribution < 1.29 is 32.6 Å². The molecule has 2 aliphatic rings. The molecule has 0 aromatic heterocycles. The average molecular weight is 603 g/mol. The van der Waals surface area contributed by atoms with Crippen LogP contribution in [0.2, 0.25) is 10.0 Å². The molecule has 41 heavy (non-hydrogen) atoms. The van der Waals surface area contributed by atoms with Gasteiger partial charge in [0.1, 0.15) is 22.8 Å². The fourth-order valence-corrected chi connectivity index (χ4v) is 6.12. The number of nitrogens with one attached hydrogen (secondary N) is 2. The summed E-state index contributed by atoms with van der Waals surface area (Å²) in [5.74, 6) is -4.10. The summed E-state index contributed by atoms with van der Waals surface area (Å²) in [5.41, 5.74) is -2.26. The Balaban J connectivity index is 1.78. The van der Waals surface area contributed by atoms with E-state index in [2.05, 4.69) is 10.6 Å². The number of hydrogen-bond acceptors (Lipinski definition) is 5. The summed E-state index contributed by atoms with van der Waals surface area (Å²) in [5, 5.41) is 6.19. The van der Waals surface area contributed by atoms with E-state index in [0.717, 1.165) is 18.2 Å². The molecule has 214 valence electrons. The fraction of sp³-hybridized carbons (Fsp3) is 0.300. The number of esters is 1. The molecule has 3 unspecified atom stereocenters. The molecule has 3 aromatic rings. The van der Waals surface area contributed by atoms with Crippen LogP contribution in [0.4, 0.5) is 14.5 Å². The lowest BCUT2D eigenvalue weighted by Crippen LogP contribution is -2.57. The smallest absolute Gasteiger partial charge is 0.349 e. The third-order valence-corrected chi connectivity index (χ3v) is 7.97. The molecule has 2 amide bonds. The lowest BCUT2D eigenvalue weighted by atomic mass is 9.59. The second-order valence-electron chi connectivity index (χ2n) is 10.5. The first-order valence-electron chi connectivity index (χ1n) is 12.9. The molecule has 11 heteroatoms. The molecule has 0 radical (unpaired) electrons. The fourth-order valence-electron chi connectivity index (χ4n) is 5.76. The van der Waals surface area contributed by atoms with Gasteiger partial charge >= 0.3 is 5.97 Å². The second-order valence-corrected chi connectivity index (χ2v) is 11.3. The number of ether oxygens (including phenoxy) is 2. The van der Waals surface area contributed by atoms with Gasteiger partial charge in [0.2, 0.25) is 11.8 Å². The summed E-state index contributed by atoms with van der Waals surface area (Å²) in [7, 11) is 0. The van der Waals surface area contributed by atoms with E-state index in [9.17, 15) is 18.8 Å². The van der Waals surface area contributed by atoms with E-state index >= 15 is 4.39 Å². The van der Waals surface area contributed by atoms with Gasteiger partial charge < -0.3 is 20.1 Å². The first-order chi connectivity index (χ1) is 19.4. The topological polar surface area (TPSA) is 93.7 Å². The SMILES string of the molecule is CCOC(=O)C(C)(C)Oc1ccc(Cl)cc1C1CC(=O)NC(c2cc(F)ccc2F)C12C(=O)Nc1cc(Cl)ccc12. The number of fused-ring (bicyclic) bond motifs is 2. The maximum atomic E-state index is 15.4. The number of carbonyl (C=O) groups excluding carboxylic acids is 3. The number of rotatable bonds is 6. The van der Waals surface area contributed by atoms with Crippen LogP contribution in [0, 0.1) is 11.6 Å². The Morgan fingerprint density at radius 3 is 2.46 bits per heavy atom. The second kappa shape index (κ2) is 10.6. The molecule has 0 saturated carbocycles. The number of amides is 2. The van der Waals surface area contributed by atoms with E-state index in [0.29, 0.717) is 21.8 Å². The lowest BCUT2D eigenvalue weighted by molar-refractivity contribution is -0.158. The van der Waals surface area contributed by atoms with Crippen molar-refractivity contribution in [2.24, 2.45) is 0 Å². The van der Waals surface area contributed by atoms with Crippen LogP contribution < -0.4 is 15.4 Å². The first-order valence-corrected chi connectivity index (χ1v) is 13.7. The van der Waals surface area contributed by atoms with E-state index < -0.39 is 52.4 Å². The standard InChI is InChI=1S/C30H26Cl2F2N2O5/c1-4-40-28(39)29(2,3)41-24-10-6-15(31)11-18(24)21-14-25(37)36-26(19-13-17(33)7-9-22(19)34)30(21)20-8-5-16(32)12-23(20)35-27(30)38/h5-13,21,26H,4,14H2,1-3H3,(H,35,38)(H,36,37). The van der Waals surface area contributed by atoms with E-state index in [1.165, 1.54) is 19.9 Å². The lowest BCUT2D eigenvalue weighted by Gasteiger charge is -2.46. The van der Waals surface area contributed by atoms with Crippen molar-refractivity contribution in [3.05, 3.63) is 93.0 Å². The minimum absolute atomic E-state index is 0.130. The van der Waals surface area contributed by atoms with E-state index in [-0.39, 0.29) is 29.4 Å². The van der Waals surface area contributed by atoms with E-state index in [4.69, 9.17) is 32.7 Å². The van der Waals surface area contributed by atoms with Crippen LogP contribution in [-0.4, -0.2) is 30.0 Å². The van der Waals surface area contributed by atoms with E-state index in [1.54, 1.807) is 37.3 Å². The van der Waals surface area contributed by atoms with Crippen molar-refractivity contribution in [1.82, 2.24) is 5.32 Å². The Kier molecular flexibility index (Phi) is 7.46. The van der Waals surface area contributed by atoms with Crippen LogP contribution in [0.3, 0.4) is 0 Å². The van der Waals surface area contributed by atoms with Gasteiger partial charge in [-0.25, -0.2) is 13.6 Å². The van der Waals surface area contributed by atoms with Crippen molar-refractivity contribution in [2.45, 2.75) is 50.2 Å². The number of halogens is 4. The van der Waals surface area contributed by atoms with Crippen LogP contribution in [0.5, 0.6) is 5.75 Å². The zero-order valence-electron chi connectivity index (χ0n) is 22.3. The Morgan fingerprint density at radius 2 is 1.73 bits per heavy atom. The van der Waals surface area contributed by atoms with E-state index in [1.807, 2.05) is 0 Å². The summed E-state index contributed by atoms with van der Waals surface area (Å²) < 4.78 is 41.2. The molecule has 2 heterocycles. The highest BCUT2D eigenvalue weighted by atomic mass is 35.5. The predicted molar refractivity (Wildman–Crippen MR) is 149 cm³/mol. The van der Waals surface area contributed by atoms with Crippen LogP contribution in [-0.2, 0) is 24.5 Å². The Hall–Kier alpha value is -3.69. The molecule has 3 aromatic carbocycles. The van der Waals surface area contributed by atoms with Gasteiger partial charge in [0, 0.05) is 39.2 Å². The molecule has 3 atom stereocenters. The number of carbonyl (C=O) groups is 3. The zero-order chi connectivity index (χ0) is 29.7. The summed E-state index contributed by atoms with van der Waals surface area (Å²) in [4.78, 5) is 40.2. The molecule has 1 spiro atoms. The van der Waals surface area contributed by atoms with Gasteiger partial charge in [0.15, 0.2) is 5.60 Å². The summed E-state index contributed by atoms with van der Waals surface area (Å²) >= 11 is 12.7. The average Bonchev–Trinajstić information content (AvgIpc) is 3.18. The molecule has 1 fully saturated rings. The highest BCUT2D eigenvalue weighted by Gasteiger charge is 2.62. The minimum Gasteiger partial charge on any atom is -0.476 e. The zero-order valence-corrected chi connectivity index (χ0v) is 23.8. The summed E-state index contributed by atoms with van der Waals surface area (Å²) in [6, 6.07) is 10.9. The highest BCUT2D eigenvalue weighted by molar-refractivity contribution is 6.31. The van der Waals surface area contributed by atoms with Gasteiger partial charge in [0.05, 0.1) is 12.6 Å². The summed E-state index contributed by atoms with van der Waals surface area (Å²) in [6.45, 7) is 4.85. The molecule has 2 N–H and O–H groups in total. The van der Waals surface area contributed by atoms with Gasteiger partial charge in [0.25, 0.3) is 0 Å². The maximum Gasteiger partial charge on any atom is 0.349 e. The minimum atomic E-state index is -1.70. The van der Waals surface area contributed by atoms with Crippen molar-refractivity contribution in [3.63, 3.8) is 0 Å². The van der Waals surface area contributed by atoms with Gasteiger partial charge in [-0.15, -0.1) is 0 Å². The van der Waals surface area contributed by atoms with Gasteiger partial charge in [-0.3, -0.25) is 9.59 Å². The summed E-state index contributed by atoms with van der Waals surface area (Å²) in [6.07, 6.45) is -0.237. The van der Waals surface area contributed by atoms with Crippen LogP contribution in [0.1, 0.15) is 55.8 Å². The van der Waals surface area contributed by atoms with Gasteiger partial charge in [-0.2, -0.15) is 0 Å². The van der Waals surface area contributed by atoms with Crippen molar-refractivity contribution >= 4 is 46.7 Å². The number of piperidine rings is 1. The van der Waals surface area contributed by atoms with Crippen molar-refractivity contribution in [2.75, 3.05) is 11.9 Å². The Morgan fingerprint density at radius 1 is 1.02 bits per heavy atom. The molecule has 0 bridgehead atoms. The van der Waals surface area contributed by atoms with Crippen molar-refractivity contribution in [3.8, 4) is 5.75 Å². The van der Waals surface area contributed by atoms with Crippen molar-refractivity contribution in [1.29, 1.82) is 0 Å². The number of hydrogen-bond donors (Lipinski definition) is 2. The third-order valence-electron chi connectivity index (χ3n) is 7.50. The number of benzene rings is 3. The molecule has 5 rings (SSSR count). The highest BCUT2D eigenvalue weighted by Crippen LogP contribution is 2.59. The molecule has 0 aliphatic carbocycles. The first kappa shape index (κ1) is 28.8. The Labute approximate surface area is 245 Å². The maximum absolute atomic E-state index is 15.4. The predicted octanol–water partition coefficient (Wildman–Crippen LogP) is 6.23. The largest absolute Gasteiger partial charge is 0.476 e.